The van der Waals surface area contributed by atoms with E-state index in [0.29, 0.717) is 0 Å². The van der Waals surface area contributed by atoms with Crippen molar-refractivity contribution in [2.75, 3.05) is 12.3 Å². The van der Waals surface area contributed by atoms with Crippen molar-refractivity contribution in [3.8, 4) is 11.4 Å². The molecule has 6 nitrogen and oxygen atoms in total. The summed E-state index contributed by atoms with van der Waals surface area (Å²) < 4.78 is 1.97. The first-order chi connectivity index (χ1) is 12.2. The van der Waals surface area contributed by atoms with E-state index < -0.39 is 0 Å². The van der Waals surface area contributed by atoms with E-state index in [9.17, 15) is 0 Å². The molecule has 1 aromatic carbocycles. The number of nitrogens with zero attached hydrogens (tertiary/aromatic N) is 5. The van der Waals surface area contributed by atoms with Crippen LogP contribution in [0.2, 0.25) is 0 Å². The van der Waals surface area contributed by atoms with Crippen LogP contribution >= 0.6 is 0 Å². The molecule has 0 aliphatic carbocycles. The van der Waals surface area contributed by atoms with Crippen LogP contribution in [0.5, 0.6) is 0 Å². The number of benzene rings is 1. The van der Waals surface area contributed by atoms with Gasteiger partial charge in [0, 0.05) is 67.4 Å². The molecule has 4 rings (SSSR count). The zero-order valence-corrected chi connectivity index (χ0v) is 14.4. The highest BCUT2D eigenvalue weighted by Crippen LogP contribution is 2.22. The molecular formula is C19H22N6. The summed E-state index contributed by atoms with van der Waals surface area (Å²) in [5.74, 6) is 0.774. The van der Waals surface area contributed by atoms with E-state index in [1.165, 1.54) is 11.1 Å². The van der Waals surface area contributed by atoms with Gasteiger partial charge in [-0.1, -0.05) is 0 Å². The zero-order valence-electron chi connectivity index (χ0n) is 14.4. The Kier molecular flexibility index (Phi) is 4.19. The Hall–Kier alpha value is -2.73. The monoisotopic (exact) mass is 334 g/mol. The van der Waals surface area contributed by atoms with Crippen molar-refractivity contribution < 1.29 is 0 Å². The molecule has 3 heterocycles. The Balaban J connectivity index is 1.49. The second-order valence-electron chi connectivity index (χ2n) is 6.45. The van der Waals surface area contributed by atoms with Crippen LogP contribution in [0.25, 0.3) is 11.4 Å². The molecule has 2 aromatic heterocycles. The van der Waals surface area contributed by atoms with Crippen LogP contribution in [0.4, 0.5) is 5.69 Å². The maximum absolute atomic E-state index is 5.75. The average molecular weight is 334 g/mol. The summed E-state index contributed by atoms with van der Waals surface area (Å²) in [6.07, 6.45) is 6.99. The van der Waals surface area contributed by atoms with Gasteiger partial charge in [0.2, 0.25) is 0 Å². The van der Waals surface area contributed by atoms with Crippen LogP contribution in [0, 0.1) is 0 Å². The van der Waals surface area contributed by atoms with E-state index >= 15 is 0 Å². The number of hydrogen-bond donors (Lipinski definition) is 1. The second-order valence-corrected chi connectivity index (χ2v) is 6.45. The number of anilines is 1. The first kappa shape index (κ1) is 15.8. The fraction of sp³-hybridized carbons (Fsp3) is 0.316. The summed E-state index contributed by atoms with van der Waals surface area (Å²) in [7, 11) is 0. The summed E-state index contributed by atoms with van der Waals surface area (Å²) in [6.45, 7) is 5.81. The summed E-state index contributed by atoms with van der Waals surface area (Å²) >= 11 is 0. The number of nitrogen functional groups attached to an aromatic ring is 1. The average Bonchev–Trinajstić information content (AvgIpc) is 3.09. The predicted molar refractivity (Wildman–Crippen MR) is 97.6 cm³/mol. The Morgan fingerprint density at radius 3 is 2.76 bits per heavy atom. The lowest BCUT2D eigenvalue weighted by Crippen LogP contribution is -2.30. The number of fused-ring (bicyclic) bond motifs is 1. The molecular weight excluding hydrogens is 312 g/mol. The highest BCUT2D eigenvalue weighted by molar-refractivity contribution is 5.58. The van der Waals surface area contributed by atoms with Crippen LogP contribution < -0.4 is 5.73 Å². The molecule has 0 saturated carbocycles. The first-order valence-corrected chi connectivity index (χ1v) is 8.65. The minimum absolute atomic E-state index is 0.753. The van der Waals surface area contributed by atoms with E-state index in [0.717, 1.165) is 55.4 Å². The van der Waals surface area contributed by atoms with E-state index in [-0.39, 0.29) is 0 Å². The van der Waals surface area contributed by atoms with Crippen molar-refractivity contribution in [1.82, 2.24) is 24.6 Å². The lowest BCUT2D eigenvalue weighted by atomic mass is 10.1. The molecule has 0 spiro atoms. The van der Waals surface area contributed by atoms with Gasteiger partial charge >= 0.3 is 0 Å². The SMILES string of the molecule is CCn1cc(CN2CCc3nc(-c4ccc(N)cc4)ncc3C2)cn1. The highest BCUT2D eigenvalue weighted by atomic mass is 15.3. The number of aryl methyl sites for hydroxylation is 1. The molecule has 0 saturated heterocycles. The van der Waals surface area contributed by atoms with E-state index in [1.54, 1.807) is 0 Å². The van der Waals surface area contributed by atoms with Crippen LogP contribution in [0.1, 0.15) is 23.7 Å². The third kappa shape index (κ3) is 3.39. The third-order valence-corrected chi connectivity index (χ3v) is 4.60. The normalized spacial score (nSPS) is 14.4. The molecule has 128 valence electrons. The lowest BCUT2D eigenvalue weighted by Gasteiger charge is -2.27. The zero-order chi connectivity index (χ0) is 17.2. The minimum atomic E-state index is 0.753. The standard InChI is InChI=1S/C19H22N6/c1-2-25-12-14(9-22-25)11-24-8-7-18-16(13-24)10-21-19(23-18)15-3-5-17(20)6-4-15/h3-6,9-10,12H,2,7-8,11,13,20H2,1H3. The van der Waals surface area contributed by atoms with Gasteiger partial charge in [0.1, 0.15) is 0 Å². The minimum Gasteiger partial charge on any atom is -0.399 e. The fourth-order valence-corrected chi connectivity index (χ4v) is 3.20. The Morgan fingerprint density at radius 2 is 2.00 bits per heavy atom. The van der Waals surface area contributed by atoms with Gasteiger partial charge in [0.25, 0.3) is 0 Å². The molecule has 6 heteroatoms. The van der Waals surface area contributed by atoms with Crippen LogP contribution in [0.15, 0.2) is 42.9 Å². The maximum Gasteiger partial charge on any atom is 0.159 e. The van der Waals surface area contributed by atoms with E-state index in [2.05, 4.69) is 28.1 Å². The fourth-order valence-electron chi connectivity index (χ4n) is 3.20. The van der Waals surface area contributed by atoms with Gasteiger partial charge in [-0.3, -0.25) is 9.58 Å². The summed E-state index contributed by atoms with van der Waals surface area (Å²) in [5.41, 5.74) is 11.1. The molecule has 1 aliphatic rings. The van der Waals surface area contributed by atoms with Gasteiger partial charge in [0.05, 0.1) is 11.9 Å². The second kappa shape index (κ2) is 6.64. The Labute approximate surface area is 147 Å². The van der Waals surface area contributed by atoms with Crippen molar-refractivity contribution in [1.29, 1.82) is 0 Å². The molecule has 1 aliphatic heterocycles. The van der Waals surface area contributed by atoms with Gasteiger partial charge < -0.3 is 5.73 Å². The van der Waals surface area contributed by atoms with Crippen LogP contribution in [-0.4, -0.2) is 31.2 Å². The van der Waals surface area contributed by atoms with E-state index in [4.69, 9.17) is 10.7 Å². The number of hydrogen-bond acceptors (Lipinski definition) is 5. The third-order valence-electron chi connectivity index (χ3n) is 4.60. The van der Waals surface area contributed by atoms with Gasteiger partial charge in [-0.25, -0.2) is 9.97 Å². The van der Waals surface area contributed by atoms with Crippen LogP contribution in [0.3, 0.4) is 0 Å². The van der Waals surface area contributed by atoms with Crippen molar-refractivity contribution in [3.05, 3.63) is 59.7 Å². The van der Waals surface area contributed by atoms with Crippen LogP contribution in [-0.2, 0) is 26.1 Å². The summed E-state index contributed by atoms with van der Waals surface area (Å²) in [5, 5.41) is 4.35. The maximum atomic E-state index is 5.75. The molecule has 0 fully saturated rings. The molecule has 0 bridgehead atoms. The Morgan fingerprint density at radius 1 is 1.16 bits per heavy atom. The largest absolute Gasteiger partial charge is 0.399 e. The summed E-state index contributed by atoms with van der Waals surface area (Å²) in [6, 6.07) is 7.71. The first-order valence-electron chi connectivity index (χ1n) is 8.65. The molecule has 2 N–H and O–H groups in total. The summed E-state index contributed by atoms with van der Waals surface area (Å²) in [4.78, 5) is 11.8. The van der Waals surface area contributed by atoms with Gasteiger partial charge in [-0.15, -0.1) is 0 Å². The van der Waals surface area contributed by atoms with Crippen molar-refractivity contribution >= 4 is 5.69 Å². The highest BCUT2D eigenvalue weighted by Gasteiger charge is 2.19. The number of nitrogens with two attached hydrogens (primary N) is 1. The molecule has 0 amide bonds. The quantitative estimate of drug-likeness (QED) is 0.742. The Bertz CT molecular complexity index is 868. The smallest absolute Gasteiger partial charge is 0.159 e. The molecule has 0 radical (unpaired) electrons. The van der Waals surface area contributed by atoms with Crippen molar-refractivity contribution in [3.63, 3.8) is 0 Å². The van der Waals surface area contributed by atoms with Gasteiger partial charge in [-0.2, -0.15) is 5.10 Å². The molecule has 0 unspecified atom stereocenters. The van der Waals surface area contributed by atoms with Gasteiger partial charge in [0.15, 0.2) is 5.82 Å². The van der Waals surface area contributed by atoms with Crippen molar-refractivity contribution in [2.24, 2.45) is 0 Å². The lowest BCUT2D eigenvalue weighted by molar-refractivity contribution is 0.243. The topological polar surface area (TPSA) is 72.9 Å². The number of rotatable bonds is 4. The molecule has 25 heavy (non-hydrogen) atoms. The molecule has 3 aromatic rings. The predicted octanol–water partition coefficient (Wildman–Crippen LogP) is 2.50. The van der Waals surface area contributed by atoms with Crippen molar-refractivity contribution in [2.45, 2.75) is 33.0 Å². The van der Waals surface area contributed by atoms with E-state index in [1.807, 2.05) is 41.3 Å². The molecule has 0 atom stereocenters. The number of aromatic nitrogens is 4. The van der Waals surface area contributed by atoms with Gasteiger partial charge in [-0.05, 0) is 31.2 Å².